The average Bonchev–Trinajstić information content (AvgIpc) is 2.96. The summed E-state index contributed by atoms with van der Waals surface area (Å²) in [5.74, 6) is 0.158. The van der Waals surface area contributed by atoms with Gasteiger partial charge in [-0.15, -0.1) is 5.10 Å². The summed E-state index contributed by atoms with van der Waals surface area (Å²) in [7, 11) is 0. The maximum absolute atomic E-state index is 10.4. The standard InChI is InChI=1S/C10H12N4O4/c15-5-1-2-8-6-13(12-11-8)7-9-3-4-10(18-9)14(16)17/h3-4,6,15H,1-2,5,7H2. The second kappa shape index (κ2) is 5.41. The average molecular weight is 252 g/mol. The first kappa shape index (κ1) is 12.2. The van der Waals surface area contributed by atoms with Crippen LogP contribution in [-0.2, 0) is 13.0 Å². The number of aliphatic hydroxyl groups excluding tert-OH is 1. The lowest BCUT2D eigenvalue weighted by Gasteiger charge is -1.94. The zero-order valence-corrected chi connectivity index (χ0v) is 9.52. The number of hydrogen-bond donors (Lipinski definition) is 1. The van der Waals surface area contributed by atoms with Crippen LogP contribution >= 0.6 is 0 Å². The molecule has 96 valence electrons. The van der Waals surface area contributed by atoms with E-state index in [1.165, 1.54) is 16.8 Å². The highest BCUT2D eigenvalue weighted by atomic mass is 16.6. The van der Waals surface area contributed by atoms with Gasteiger partial charge in [-0.05, 0) is 18.9 Å². The zero-order chi connectivity index (χ0) is 13.0. The molecule has 2 rings (SSSR count). The third kappa shape index (κ3) is 2.92. The van der Waals surface area contributed by atoms with Crippen molar-refractivity contribution in [3.63, 3.8) is 0 Å². The van der Waals surface area contributed by atoms with E-state index in [0.717, 1.165) is 5.69 Å². The predicted molar refractivity (Wildman–Crippen MR) is 59.9 cm³/mol. The maximum atomic E-state index is 10.4. The summed E-state index contributed by atoms with van der Waals surface area (Å²) in [6.45, 7) is 0.400. The number of furan rings is 1. The van der Waals surface area contributed by atoms with E-state index in [1.54, 1.807) is 6.20 Å². The lowest BCUT2D eigenvalue weighted by atomic mass is 10.3. The molecule has 8 heteroatoms. The maximum Gasteiger partial charge on any atom is 0.433 e. The summed E-state index contributed by atoms with van der Waals surface area (Å²) in [5.41, 5.74) is 0.769. The molecule has 0 saturated carbocycles. The van der Waals surface area contributed by atoms with Gasteiger partial charge in [0.25, 0.3) is 0 Å². The molecule has 0 atom stereocenters. The number of aryl methyl sites for hydroxylation is 1. The van der Waals surface area contributed by atoms with Crippen LogP contribution in [0, 0.1) is 10.1 Å². The fourth-order valence-electron chi connectivity index (χ4n) is 1.50. The lowest BCUT2D eigenvalue weighted by Crippen LogP contribution is -1.99. The van der Waals surface area contributed by atoms with E-state index in [9.17, 15) is 10.1 Å². The van der Waals surface area contributed by atoms with Crippen molar-refractivity contribution in [3.8, 4) is 0 Å². The number of nitrogens with zero attached hydrogens (tertiary/aromatic N) is 4. The molecule has 0 spiro atoms. The van der Waals surface area contributed by atoms with E-state index in [2.05, 4.69) is 10.3 Å². The minimum atomic E-state index is -0.586. The Labute approximate surface area is 102 Å². The topological polar surface area (TPSA) is 107 Å². The molecule has 0 aliphatic carbocycles. The van der Waals surface area contributed by atoms with Crippen molar-refractivity contribution in [2.75, 3.05) is 6.61 Å². The molecule has 1 N–H and O–H groups in total. The summed E-state index contributed by atoms with van der Waals surface area (Å²) in [6.07, 6.45) is 3.00. The minimum absolute atomic E-state index is 0.108. The van der Waals surface area contributed by atoms with Gasteiger partial charge in [0.2, 0.25) is 0 Å². The first-order chi connectivity index (χ1) is 8.69. The van der Waals surface area contributed by atoms with Crippen molar-refractivity contribution in [1.82, 2.24) is 15.0 Å². The fraction of sp³-hybridized carbons (Fsp3) is 0.400. The fourth-order valence-corrected chi connectivity index (χ4v) is 1.50. The first-order valence-corrected chi connectivity index (χ1v) is 5.42. The van der Waals surface area contributed by atoms with Gasteiger partial charge in [-0.3, -0.25) is 10.1 Å². The summed E-state index contributed by atoms with van der Waals surface area (Å²) >= 11 is 0. The molecule has 0 aliphatic rings. The molecular formula is C10H12N4O4. The smallest absolute Gasteiger partial charge is 0.404 e. The molecule has 8 nitrogen and oxygen atoms in total. The van der Waals surface area contributed by atoms with Gasteiger partial charge in [-0.2, -0.15) is 0 Å². The van der Waals surface area contributed by atoms with Crippen molar-refractivity contribution in [2.24, 2.45) is 0 Å². The summed E-state index contributed by atoms with van der Waals surface area (Å²) in [4.78, 5) is 9.86. The minimum Gasteiger partial charge on any atom is -0.404 e. The molecule has 2 heterocycles. The van der Waals surface area contributed by atoms with Gasteiger partial charge in [-0.1, -0.05) is 5.21 Å². The second-order valence-electron chi connectivity index (χ2n) is 3.73. The second-order valence-corrected chi connectivity index (χ2v) is 3.73. The van der Waals surface area contributed by atoms with Crippen LogP contribution in [0.3, 0.4) is 0 Å². The number of aliphatic hydroxyl groups is 1. The van der Waals surface area contributed by atoms with Crippen LogP contribution in [0.2, 0.25) is 0 Å². The van der Waals surface area contributed by atoms with Crippen LogP contribution in [0.15, 0.2) is 22.7 Å². The Bertz CT molecular complexity index is 533. The van der Waals surface area contributed by atoms with Crippen molar-refractivity contribution >= 4 is 5.88 Å². The largest absolute Gasteiger partial charge is 0.433 e. The Morgan fingerprint density at radius 3 is 3.00 bits per heavy atom. The van der Waals surface area contributed by atoms with Gasteiger partial charge in [0.15, 0.2) is 0 Å². The molecule has 0 radical (unpaired) electrons. The van der Waals surface area contributed by atoms with Crippen LogP contribution in [0.5, 0.6) is 0 Å². The lowest BCUT2D eigenvalue weighted by molar-refractivity contribution is -0.402. The van der Waals surface area contributed by atoms with Crippen molar-refractivity contribution < 1.29 is 14.4 Å². The molecule has 0 aliphatic heterocycles. The van der Waals surface area contributed by atoms with Crippen molar-refractivity contribution in [3.05, 3.63) is 39.9 Å². The van der Waals surface area contributed by atoms with E-state index >= 15 is 0 Å². The number of nitro groups is 1. The van der Waals surface area contributed by atoms with Gasteiger partial charge in [0.1, 0.15) is 17.2 Å². The molecule has 2 aromatic heterocycles. The summed E-state index contributed by atoms with van der Waals surface area (Å²) in [6, 6.07) is 2.84. The Morgan fingerprint density at radius 2 is 2.33 bits per heavy atom. The quantitative estimate of drug-likeness (QED) is 0.600. The van der Waals surface area contributed by atoms with E-state index in [1.807, 2.05) is 0 Å². The van der Waals surface area contributed by atoms with Gasteiger partial charge >= 0.3 is 5.88 Å². The van der Waals surface area contributed by atoms with Gasteiger partial charge in [-0.25, -0.2) is 4.68 Å². The Hall–Kier alpha value is -2.22. The highest BCUT2D eigenvalue weighted by Crippen LogP contribution is 2.16. The third-order valence-corrected chi connectivity index (χ3v) is 2.32. The Kier molecular flexibility index (Phi) is 3.68. The van der Waals surface area contributed by atoms with Crippen molar-refractivity contribution in [2.45, 2.75) is 19.4 Å². The van der Waals surface area contributed by atoms with Crippen LogP contribution in [0.4, 0.5) is 5.88 Å². The van der Waals surface area contributed by atoms with Crippen LogP contribution in [-0.4, -0.2) is 31.6 Å². The van der Waals surface area contributed by atoms with Crippen LogP contribution in [0.1, 0.15) is 17.9 Å². The monoisotopic (exact) mass is 252 g/mol. The number of aromatic nitrogens is 3. The molecule has 0 saturated heterocycles. The third-order valence-electron chi connectivity index (χ3n) is 2.32. The molecule has 0 unspecified atom stereocenters. The highest BCUT2D eigenvalue weighted by molar-refractivity contribution is 5.17. The molecule has 18 heavy (non-hydrogen) atoms. The summed E-state index contributed by atoms with van der Waals surface area (Å²) in [5, 5.41) is 26.9. The van der Waals surface area contributed by atoms with E-state index < -0.39 is 4.92 Å². The van der Waals surface area contributed by atoms with Crippen LogP contribution < -0.4 is 0 Å². The Morgan fingerprint density at radius 1 is 1.50 bits per heavy atom. The van der Waals surface area contributed by atoms with E-state index in [0.29, 0.717) is 25.1 Å². The summed E-state index contributed by atoms with van der Waals surface area (Å²) < 4.78 is 6.55. The molecule has 0 aromatic carbocycles. The molecule has 0 amide bonds. The molecule has 0 fully saturated rings. The van der Waals surface area contributed by atoms with Crippen molar-refractivity contribution in [1.29, 1.82) is 0 Å². The van der Waals surface area contributed by atoms with Gasteiger partial charge in [0.05, 0.1) is 11.8 Å². The predicted octanol–water partition coefficient (Wildman–Crippen LogP) is 0.752. The van der Waals surface area contributed by atoms with Gasteiger partial charge in [0, 0.05) is 12.8 Å². The van der Waals surface area contributed by atoms with E-state index in [4.69, 9.17) is 9.52 Å². The normalized spacial score (nSPS) is 10.7. The van der Waals surface area contributed by atoms with Gasteiger partial charge < -0.3 is 9.52 Å². The molecule has 2 aromatic rings. The van der Waals surface area contributed by atoms with Crippen LogP contribution in [0.25, 0.3) is 0 Å². The first-order valence-electron chi connectivity index (χ1n) is 5.42. The SMILES string of the molecule is O=[N+]([O-])c1ccc(Cn2cc(CCCO)nn2)o1. The molecule has 0 bridgehead atoms. The molecular weight excluding hydrogens is 240 g/mol. The Balaban J connectivity index is 1.99. The highest BCUT2D eigenvalue weighted by Gasteiger charge is 2.12. The van der Waals surface area contributed by atoms with E-state index in [-0.39, 0.29) is 12.5 Å². The zero-order valence-electron chi connectivity index (χ0n) is 9.52. The number of hydrogen-bond acceptors (Lipinski definition) is 6. The number of rotatable bonds is 6.